The van der Waals surface area contributed by atoms with Crippen LogP contribution in [0.3, 0.4) is 0 Å². The summed E-state index contributed by atoms with van der Waals surface area (Å²) in [5, 5.41) is 6.21. The molecule has 1 aliphatic rings. The van der Waals surface area contributed by atoms with E-state index >= 15 is 0 Å². The monoisotopic (exact) mass is 410 g/mol. The molecule has 160 valence electrons. The average molecular weight is 411 g/mol. The molecular formula is C24H30N2O4. The molecular weight excluding hydrogens is 380 g/mol. The molecule has 30 heavy (non-hydrogen) atoms. The van der Waals surface area contributed by atoms with Gasteiger partial charge < -0.3 is 20.1 Å². The minimum Gasteiger partial charge on any atom is -0.494 e. The highest BCUT2D eigenvalue weighted by Gasteiger charge is 2.28. The van der Waals surface area contributed by atoms with Crippen LogP contribution in [0, 0.1) is 0 Å². The molecule has 0 aliphatic heterocycles. The smallest absolute Gasteiger partial charge is 0.251 e. The second-order valence-corrected chi connectivity index (χ2v) is 7.36. The maximum atomic E-state index is 12.7. The Kier molecular flexibility index (Phi) is 7.71. The first-order valence-electron chi connectivity index (χ1n) is 10.7. The van der Waals surface area contributed by atoms with Gasteiger partial charge in [-0.05, 0) is 75.2 Å². The van der Waals surface area contributed by atoms with E-state index in [0.717, 1.165) is 37.2 Å². The van der Waals surface area contributed by atoms with Crippen molar-refractivity contribution in [2.45, 2.75) is 51.6 Å². The number of hydrogen-bond donors (Lipinski definition) is 2. The first kappa shape index (κ1) is 21.7. The number of hydrogen-bond acceptors (Lipinski definition) is 4. The maximum Gasteiger partial charge on any atom is 0.251 e. The van der Waals surface area contributed by atoms with E-state index in [0.29, 0.717) is 24.3 Å². The Labute approximate surface area is 178 Å². The maximum absolute atomic E-state index is 12.7. The summed E-state index contributed by atoms with van der Waals surface area (Å²) >= 11 is 0. The van der Waals surface area contributed by atoms with E-state index in [1.807, 2.05) is 13.8 Å². The van der Waals surface area contributed by atoms with Crippen LogP contribution in [0.1, 0.15) is 60.2 Å². The van der Waals surface area contributed by atoms with E-state index in [2.05, 4.69) is 10.6 Å². The normalized spacial score (nSPS) is 18.3. The molecule has 0 spiro atoms. The molecule has 0 heterocycles. The number of benzene rings is 2. The lowest BCUT2D eigenvalue weighted by Gasteiger charge is -2.33. The Morgan fingerprint density at radius 3 is 1.43 bits per heavy atom. The van der Waals surface area contributed by atoms with Gasteiger partial charge in [0.05, 0.1) is 13.2 Å². The second-order valence-electron chi connectivity index (χ2n) is 7.36. The molecule has 0 saturated heterocycles. The predicted molar refractivity (Wildman–Crippen MR) is 116 cm³/mol. The molecule has 2 unspecified atom stereocenters. The van der Waals surface area contributed by atoms with Gasteiger partial charge in [-0.15, -0.1) is 0 Å². The highest BCUT2D eigenvalue weighted by molar-refractivity contribution is 5.95. The van der Waals surface area contributed by atoms with E-state index in [-0.39, 0.29) is 23.9 Å². The van der Waals surface area contributed by atoms with E-state index in [1.54, 1.807) is 48.5 Å². The zero-order valence-electron chi connectivity index (χ0n) is 17.6. The van der Waals surface area contributed by atoms with E-state index in [9.17, 15) is 9.59 Å². The van der Waals surface area contributed by atoms with Crippen LogP contribution in [-0.4, -0.2) is 37.1 Å². The number of nitrogens with one attached hydrogen (secondary N) is 2. The first-order chi connectivity index (χ1) is 14.6. The summed E-state index contributed by atoms with van der Waals surface area (Å²) in [5.41, 5.74) is 1.17. The van der Waals surface area contributed by atoms with Crippen LogP contribution >= 0.6 is 0 Å². The molecule has 1 fully saturated rings. The van der Waals surface area contributed by atoms with Gasteiger partial charge in [-0.3, -0.25) is 9.59 Å². The SMILES string of the molecule is CCOc1ccc(C(=O)NC2CCCCC2NC(=O)c2ccc(OCC)cc2)cc1. The third kappa shape index (κ3) is 5.75. The molecule has 6 nitrogen and oxygen atoms in total. The number of rotatable bonds is 8. The molecule has 0 radical (unpaired) electrons. The summed E-state index contributed by atoms with van der Waals surface area (Å²) in [5.74, 6) is 1.22. The van der Waals surface area contributed by atoms with Gasteiger partial charge in [0.15, 0.2) is 0 Å². The summed E-state index contributed by atoms with van der Waals surface area (Å²) in [6.45, 7) is 5.02. The lowest BCUT2D eigenvalue weighted by atomic mass is 9.89. The molecule has 1 saturated carbocycles. The minimum absolute atomic E-state index is 0.0931. The predicted octanol–water partition coefficient (Wildman–Crippen LogP) is 3.96. The quantitative estimate of drug-likeness (QED) is 0.691. The highest BCUT2D eigenvalue weighted by atomic mass is 16.5. The number of carbonyl (C=O) groups excluding carboxylic acids is 2. The van der Waals surface area contributed by atoms with Crippen LogP contribution in [0.15, 0.2) is 48.5 Å². The highest BCUT2D eigenvalue weighted by Crippen LogP contribution is 2.21. The molecule has 6 heteroatoms. The Morgan fingerprint density at radius 2 is 1.10 bits per heavy atom. The minimum atomic E-state index is -0.134. The second kappa shape index (κ2) is 10.7. The summed E-state index contributed by atoms with van der Waals surface area (Å²) < 4.78 is 10.9. The Morgan fingerprint density at radius 1 is 0.733 bits per heavy atom. The Hall–Kier alpha value is -3.02. The van der Waals surface area contributed by atoms with Crippen molar-refractivity contribution in [1.29, 1.82) is 0 Å². The van der Waals surface area contributed by atoms with Gasteiger partial charge in [0, 0.05) is 23.2 Å². The summed E-state index contributed by atoms with van der Waals surface area (Å²) in [7, 11) is 0. The van der Waals surface area contributed by atoms with Crippen LogP contribution < -0.4 is 20.1 Å². The summed E-state index contributed by atoms with van der Waals surface area (Å²) in [4.78, 5) is 25.4. The third-order valence-corrected chi connectivity index (χ3v) is 5.25. The summed E-state index contributed by atoms with van der Waals surface area (Å²) in [6, 6.07) is 14.0. The lowest BCUT2D eigenvalue weighted by molar-refractivity contribution is 0.0862. The number of carbonyl (C=O) groups is 2. The fourth-order valence-electron chi connectivity index (χ4n) is 3.72. The first-order valence-corrected chi connectivity index (χ1v) is 10.7. The van der Waals surface area contributed by atoms with E-state index in [1.165, 1.54) is 0 Å². The van der Waals surface area contributed by atoms with E-state index in [4.69, 9.17) is 9.47 Å². The van der Waals surface area contributed by atoms with Crippen LogP contribution in [0.2, 0.25) is 0 Å². The molecule has 2 N–H and O–H groups in total. The molecule has 0 aromatic heterocycles. The van der Waals surface area contributed by atoms with Crippen molar-refractivity contribution in [1.82, 2.24) is 10.6 Å². The van der Waals surface area contributed by atoms with Crippen LogP contribution in [0.25, 0.3) is 0 Å². The van der Waals surface area contributed by atoms with Crippen molar-refractivity contribution in [3.8, 4) is 11.5 Å². The van der Waals surface area contributed by atoms with E-state index < -0.39 is 0 Å². The molecule has 3 rings (SSSR count). The molecule has 2 aromatic carbocycles. The van der Waals surface area contributed by atoms with Crippen molar-refractivity contribution in [2.75, 3.05) is 13.2 Å². The van der Waals surface area contributed by atoms with Gasteiger partial charge in [0.1, 0.15) is 11.5 Å². The zero-order valence-corrected chi connectivity index (χ0v) is 17.6. The van der Waals surface area contributed by atoms with Crippen molar-refractivity contribution >= 4 is 11.8 Å². The Balaban J connectivity index is 1.61. The molecule has 2 aromatic rings. The van der Waals surface area contributed by atoms with Crippen LogP contribution in [-0.2, 0) is 0 Å². The van der Waals surface area contributed by atoms with Crippen LogP contribution in [0.5, 0.6) is 11.5 Å². The number of amides is 2. The third-order valence-electron chi connectivity index (χ3n) is 5.25. The topological polar surface area (TPSA) is 76.7 Å². The lowest BCUT2D eigenvalue weighted by Crippen LogP contribution is -2.53. The molecule has 1 aliphatic carbocycles. The number of ether oxygens (including phenoxy) is 2. The average Bonchev–Trinajstić information content (AvgIpc) is 2.76. The van der Waals surface area contributed by atoms with Gasteiger partial charge in [0.25, 0.3) is 11.8 Å². The van der Waals surface area contributed by atoms with Gasteiger partial charge in [-0.2, -0.15) is 0 Å². The van der Waals surface area contributed by atoms with Gasteiger partial charge in [0.2, 0.25) is 0 Å². The molecule has 2 amide bonds. The van der Waals surface area contributed by atoms with Gasteiger partial charge in [-0.1, -0.05) is 12.8 Å². The molecule has 2 atom stereocenters. The molecule has 0 bridgehead atoms. The van der Waals surface area contributed by atoms with Crippen molar-refractivity contribution in [3.63, 3.8) is 0 Å². The van der Waals surface area contributed by atoms with Crippen LogP contribution in [0.4, 0.5) is 0 Å². The fourth-order valence-corrected chi connectivity index (χ4v) is 3.72. The standard InChI is InChI=1S/C24H30N2O4/c1-3-29-19-13-9-17(10-14-19)23(27)25-21-7-5-6-8-22(21)26-24(28)18-11-15-20(16-12-18)30-4-2/h9-16,21-22H,3-8H2,1-2H3,(H,25,27)(H,26,28). The summed E-state index contributed by atoms with van der Waals surface area (Å²) in [6.07, 6.45) is 3.75. The fraction of sp³-hybridized carbons (Fsp3) is 0.417. The van der Waals surface area contributed by atoms with Gasteiger partial charge >= 0.3 is 0 Å². The largest absolute Gasteiger partial charge is 0.494 e. The van der Waals surface area contributed by atoms with Crippen molar-refractivity contribution in [3.05, 3.63) is 59.7 Å². The zero-order chi connectivity index (χ0) is 21.3. The van der Waals surface area contributed by atoms with Gasteiger partial charge in [-0.25, -0.2) is 0 Å². The Bertz CT molecular complexity index is 762. The van der Waals surface area contributed by atoms with Crippen molar-refractivity contribution in [2.24, 2.45) is 0 Å². The van der Waals surface area contributed by atoms with Crippen molar-refractivity contribution < 1.29 is 19.1 Å².